The predicted molar refractivity (Wildman–Crippen MR) is 73.3 cm³/mol. The zero-order valence-electron chi connectivity index (χ0n) is 12.3. The van der Waals surface area contributed by atoms with Gasteiger partial charge in [-0.25, -0.2) is 4.79 Å². The molecule has 0 aromatic carbocycles. The Morgan fingerprint density at radius 2 is 2.00 bits per heavy atom. The van der Waals surface area contributed by atoms with E-state index in [0.717, 1.165) is 6.08 Å². The Labute approximate surface area is 122 Å². The van der Waals surface area contributed by atoms with E-state index in [0.29, 0.717) is 5.57 Å². The van der Waals surface area contributed by atoms with E-state index < -0.39 is 34.7 Å². The summed E-state index contributed by atoms with van der Waals surface area (Å²) in [4.78, 5) is 22.7. The lowest BCUT2D eigenvalue weighted by Crippen LogP contribution is -2.61. The molecule has 6 nitrogen and oxygen atoms in total. The minimum Gasteiger partial charge on any atom is -0.478 e. The highest BCUT2D eigenvalue weighted by Gasteiger charge is 2.72. The second-order valence-corrected chi connectivity index (χ2v) is 6.34. The van der Waals surface area contributed by atoms with E-state index in [4.69, 9.17) is 9.84 Å². The average Bonchev–Trinajstić information content (AvgIpc) is 2.41. The molecule has 0 aromatic heterocycles. The van der Waals surface area contributed by atoms with Crippen molar-refractivity contribution in [2.75, 3.05) is 0 Å². The molecule has 1 aliphatic carbocycles. The fourth-order valence-electron chi connectivity index (χ4n) is 3.42. The lowest BCUT2D eigenvalue weighted by molar-refractivity contribution is -0.156. The number of esters is 1. The van der Waals surface area contributed by atoms with E-state index >= 15 is 0 Å². The molecule has 21 heavy (non-hydrogen) atoms. The Balaban J connectivity index is 2.43. The zero-order valence-corrected chi connectivity index (χ0v) is 12.3. The van der Waals surface area contributed by atoms with Crippen LogP contribution in [0.5, 0.6) is 0 Å². The molecular formula is C15H20O6. The Morgan fingerprint density at radius 3 is 2.52 bits per heavy atom. The molecule has 2 aliphatic rings. The molecule has 3 N–H and O–H groups in total. The van der Waals surface area contributed by atoms with E-state index in [1.54, 1.807) is 20.8 Å². The summed E-state index contributed by atoms with van der Waals surface area (Å²) < 4.78 is 5.34. The summed E-state index contributed by atoms with van der Waals surface area (Å²) in [5.74, 6) is -1.63. The fraction of sp³-hybridized carbons (Fsp3) is 0.600. The third kappa shape index (κ3) is 2.18. The van der Waals surface area contributed by atoms with E-state index in [1.807, 2.05) is 0 Å². The number of fused-ring (bicyclic) bond motifs is 2. The lowest BCUT2D eigenvalue weighted by atomic mass is 9.59. The van der Waals surface area contributed by atoms with Gasteiger partial charge in [0.2, 0.25) is 0 Å². The van der Waals surface area contributed by atoms with Crippen molar-refractivity contribution in [3.05, 3.63) is 23.8 Å². The van der Waals surface area contributed by atoms with Crippen molar-refractivity contribution in [3.63, 3.8) is 0 Å². The van der Waals surface area contributed by atoms with Crippen LogP contribution in [0.3, 0.4) is 0 Å². The highest BCUT2D eigenvalue weighted by atomic mass is 16.6. The number of carboxylic acid groups (broad SMARTS) is 1. The van der Waals surface area contributed by atoms with Gasteiger partial charge >= 0.3 is 11.9 Å². The number of hydrogen-bond donors (Lipinski definition) is 3. The molecule has 2 fully saturated rings. The maximum absolute atomic E-state index is 12.1. The van der Waals surface area contributed by atoms with Crippen LogP contribution in [-0.2, 0) is 14.3 Å². The number of aliphatic carboxylic acids is 1. The van der Waals surface area contributed by atoms with E-state index in [9.17, 15) is 19.8 Å². The summed E-state index contributed by atoms with van der Waals surface area (Å²) in [5, 5.41) is 29.6. The van der Waals surface area contributed by atoms with Gasteiger partial charge in [0.25, 0.3) is 0 Å². The zero-order chi connectivity index (χ0) is 16.1. The molecule has 116 valence electrons. The van der Waals surface area contributed by atoms with Gasteiger partial charge < -0.3 is 20.1 Å². The van der Waals surface area contributed by atoms with Crippen molar-refractivity contribution in [3.8, 4) is 0 Å². The Hall–Kier alpha value is -1.66. The molecule has 1 aliphatic heterocycles. The van der Waals surface area contributed by atoms with Crippen LogP contribution >= 0.6 is 0 Å². The first-order valence-electron chi connectivity index (χ1n) is 6.78. The van der Waals surface area contributed by atoms with Gasteiger partial charge in [0, 0.05) is 12.5 Å². The van der Waals surface area contributed by atoms with Gasteiger partial charge in [0.15, 0.2) is 0 Å². The first-order valence-corrected chi connectivity index (χ1v) is 6.78. The van der Waals surface area contributed by atoms with Crippen molar-refractivity contribution in [1.82, 2.24) is 0 Å². The van der Waals surface area contributed by atoms with E-state index in [-0.39, 0.29) is 12.8 Å². The molecule has 6 heteroatoms. The molecule has 2 rings (SSSR count). The maximum Gasteiger partial charge on any atom is 0.328 e. The predicted octanol–water partition coefficient (Wildman–Crippen LogP) is 0.781. The highest BCUT2D eigenvalue weighted by molar-refractivity contribution is 5.84. The Bertz CT molecular complexity index is 550. The van der Waals surface area contributed by atoms with Gasteiger partial charge in [-0.2, -0.15) is 0 Å². The maximum atomic E-state index is 12.1. The molecular weight excluding hydrogens is 276 g/mol. The monoisotopic (exact) mass is 296 g/mol. The molecule has 2 bridgehead atoms. The number of rotatable bonds is 3. The average molecular weight is 296 g/mol. The SMILES string of the molecule is CC(C=C[C@@]1(O)[C@@]2(C)C[C@@H](O)C[C@]1(C)C(=O)O2)=CC(=O)O. The first-order chi connectivity index (χ1) is 9.54. The minimum atomic E-state index is -1.59. The molecule has 0 unspecified atom stereocenters. The summed E-state index contributed by atoms with van der Waals surface area (Å²) in [7, 11) is 0. The number of aliphatic hydroxyl groups excluding tert-OH is 1. The van der Waals surface area contributed by atoms with Crippen LogP contribution < -0.4 is 0 Å². The van der Waals surface area contributed by atoms with Crippen molar-refractivity contribution >= 4 is 11.9 Å². The summed E-state index contributed by atoms with van der Waals surface area (Å²) in [5.41, 5.74) is -3.64. The number of aliphatic hydroxyl groups is 2. The van der Waals surface area contributed by atoms with Crippen molar-refractivity contribution in [1.29, 1.82) is 0 Å². The van der Waals surface area contributed by atoms with E-state index in [1.165, 1.54) is 12.2 Å². The van der Waals surface area contributed by atoms with E-state index in [2.05, 4.69) is 0 Å². The third-order valence-electron chi connectivity index (χ3n) is 4.62. The van der Waals surface area contributed by atoms with Crippen molar-refractivity contribution < 1.29 is 29.6 Å². The van der Waals surface area contributed by atoms with Crippen LogP contribution in [-0.4, -0.2) is 44.6 Å². The van der Waals surface area contributed by atoms with Crippen LogP contribution in [0.1, 0.15) is 33.6 Å². The molecule has 0 amide bonds. The number of hydrogen-bond acceptors (Lipinski definition) is 5. The van der Waals surface area contributed by atoms with Crippen LogP contribution in [0.15, 0.2) is 23.8 Å². The third-order valence-corrected chi connectivity index (χ3v) is 4.62. The van der Waals surface area contributed by atoms with Crippen molar-refractivity contribution in [2.45, 2.75) is 50.9 Å². The Kier molecular flexibility index (Phi) is 3.50. The van der Waals surface area contributed by atoms with Crippen LogP contribution in [0.4, 0.5) is 0 Å². The summed E-state index contributed by atoms with van der Waals surface area (Å²) in [6.07, 6.45) is 3.40. The standard InChI is InChI=1S/C15H20O6/c1-9(6-11(17)18)4-5-15(20)13(2)7-10(16)8-14(15,3)21-12(13)19/h4-6,10,16,20H,7-8H2,1-3H3,(H,17,18)/t10-,13+,14+,15-/m0/s1. The van der Waals surface area contributed by atoms with Gasteiger partial charge in [0.1, 0.15) is 16.6 Å². The lowest BCUT2D eigenvalue weighted by Gasteiger charge is -2.47. The van der Waals surface area contributed by atoms with Gasteiger partial charge in [-0.1, -0.05) is 6.08 Å². The molecule has 0 spiro atoms. The first kappa shape index (κ1) is 15.7. The van der Waals surface area contributed by atoms with Gasteiger partial charge in [-0.3, -0.25) is 4.79 Å². The highest BCUT2D eigenvalue weighted by Crippen LogP contribution is 2.58. The smallest absolute Gasteiger partial charge is 0.328 e. The quantitative estimate of drug-likeness (QED) is 0.404. The van der Waals surface area contributed by atoms with Crippen LogP contribution in [0.25, 0.3) is 0 Å². The molecule has 1 saturated carbocycles. The van der Waals surface area contributed by atoms with Crippen molar-refractivity contribution in [2.24, 2.45) is 5.41 Å². The van der Waals surface area contributed by atoms with Gasteiger partial charge in [-0.05, 0) is 38.8 Å². The number of carboxylic acids is 1. The second kappa shape index (κ2) is 4.68. The molecule has 4 atom stereocenters. The molecule has 0 aromatic rings. The van der Waals surface area contributed by atoms with Gasteiger partial charge in [0.05, 0.1) is 6.10 Å². The number of ether oxygens (including phenoxy) is 1. The molecule has 1 heterocycles. The number of carbonyl (C=O) groups excluding carboxylic acids is 1. The minimum absolute atomic E-state index is 0.101. The number of carbonyl (C=O) groups is 2. The summed E-state index contributed by atoms with van der Waals surface area (Å²) in [6, 6.07) is 0. The normalized spacial score (nSPS) is 43.2. The van der Waals surface area contributed by atoms with Gasteiger partial charge in [-0.15, -0.1) is 0 Å². The molecule has 1 saturated heterocycles. The summed E-state index contributed by atoms with van der Waals surface area (Å²) in [6.45, 7) is 4.73. The van der Waals surface area contributed by atoms with Crippen LogP contribution in [0.2, 0.25) is 0 Å². The summed E-state index contributed by atoms with van der Waals surface area (Å²) >= 11 is 0. The topological polar surface area (TPSA) is 104 Å². The van der Waals surface area contributed by atoms with Crippen LogP contribution in [0, 0.1) is 5.41 Å². The fourth-order valence-corrected chi connectivity index (χ4v) is 3.42. The largest absolute Gasteiger partial charge is 0.478 e. The Morgan fingerprint density at radius 1 is 1.38 bits per heavy atom. The number of allylic oxidation sites excluding steroid dienone is 2. The second-order valence-electron chi connectivity index (χ2n) is 6.34. The molecule has 0 radical (unpaired) electrons.